The van der Waals surface area contributed by atoms with E-state index in [1.54, 1.807) is 0 Å². The first kappa shape index (κ1) is 13.2. The number of likely N-dealkylation sites (N-methyl/N-ethyl adjacent to an activating group) is 1. The molecule has 1 atom stereocenters. The lowest BCUT2D eigenvalue weighted by Crippen LogP contribution is -2.51. The highest BCUT2D eigenvalue weighted by Gasteiger charge is 2.31. The molecule has 0 amide bonds. The SMILES string of the molecule is CN1CC(Oc2ccc(C3(C)CCCN3)cc2Cl)C1. The molecule has 1 unspecified atom stereocenters. The Hall–Kier alpha value is -0.770. The van der Waals surface area contributed by atoms with Crippen molar-refractivity contribution in [2.75, 3.05) is 26.7 Å². The number of nitrogens with one attached hydrogen (secondary N) is 1. The standard InChI is InChI=1S/C15H21ClN2O/c1-15(6-3-7-17-15)11-4-5-14(13(16)8-11)19-12-9-18(2)10-12/h4-5,8,12,17H,3,6-7,9-10H2,1-2H3. The third-order valence-corrected chi connectivity index (χ3v) is 4.56. The third kappa shape index (κ3) is 2.60. The van der Waals surface area contributed by atoms with Crippen molar-refractivity contribution in [1.29, 1.82) is 0 Å². The van der Waals surface area contributed by atoms with Gasteiger partial charge in [-0.3, -0.25) is 4.90 Å². The van der Waals surface area contributed by atoms with Crippen LogP contribution in [0.4, 0.5) is 0 Å². The minimum absolute atomic E-state index is 0.0683. The highest BCUT2D eigenvalue weighted by Crippen LogP contribution is 2.35. The third-order valence-electron chi connectivity index (χ3n) is 4.26. The fourth-order valence-corrected chi connectivity index (χ4v) is 3.20. The van der Waals surface area contributed by atoms with Gasteiger partial charge in [0.1, 0.15) is 11.9 Å². The van der Waals surface area contributed by atoms with Gasteiger partial charge >= 0.3 is 0 Å². The van der Waals surface area contributed by atoms with Gasteiger partial charge in [-0.05, 0) is 51.1 Å². The van der Waals surface area contributed by atoms with Crippen LogP contribution in [0.2, 0.25) is 5.02 Å². The van der Waals surface area contributed by atoms with Crippen molar-refractivity contribution in [3.05, 3.63) is 28.8 Å². The lowest BCUT2D eigenvalue weighted by atomic mass is 9.90. The summed E-state index contributed by atoms with van der Waals surface area (Å²) in [7, 11) is 2.09. The van der Waals surface area contributed by atoms with E-state index in [9.17, 15) is 0 Å². The molecule has 0 saturated carbocycles. The maximum atomic E-state index is 6.36. The fourth-order valence-electron chi connectivity index (χ4n) is 2.98. The Morgan fingerprint density at radius 3 is 2.79 bits per heavy atom. The lowest BCUT2D eigenvalue weighted by molar-refractivity contribution is 0.0389. The van der Waals surface area contributed by atoms with Gasteiger partial charge in [-0.25, -0.2) is 0 Å². The number of hydrogen-bond donors (Lipinski definition) is 1. The molecular weight excluding hydrogens is 260 g/mol. The van der Waals surface area contributed by atoms with Crippen molar-refractivity contribution >= 4 is 11.6 Å². The number of likely N-dealkylation sites (tertiary alicyclic amines) is 1. The Kier molecular flexibility index (Phi) is 3.46. The summed E-state index contributed by atoms with van der Waals surface area (Å²) >= 11 is 6.36. The fraction of sp³-hybridized carbons (Fsp3) is 0.600. The zero-order valence-corrected chi connectivity index (χ0v) is 12.3. The topological polar surface area (TPSA) is 24.5 Å². The molecule has 2 fully saturated rings. The molecule has 0 bridgehead atoms. The van der Waals surface area contributed by atoms with Crippen LogP contribution in [0.1, 0.15) is 25.3 Å². The van der Waals surface area contributed by atoms with Gasteiger partial charge in [0.25, 0.3) is 0 Å². The minimum atomic E-state index is 0.0683. The summed E-state index contributed by atoms with van der Waals surface area (Å²) in [6, 6.07) is 6.21. The van der Waals surface area contributed by atoms with E-state index in [1.165, 1.54) is 12.0 Å². The summed E-state index contributed by atoms with van der Waals surface area (Å²) in [4.78, 5) is 2.23. The van der Waals surface area contributed by atoms with Crippen LogP contribution in [-0.4, -0.2) is 37.7 Å². The molecule has 1 aromatic rings. The van der Waals surface area contributed by atoms with Gasteiger partial charge in [0.15, 0.2) is 0 Å². The number of benzene rings is 1. The Morgan fingerprint density at radius 1 is 1.42 bits per heavy atom. The Morgan fingerprint density at radius 2 is 2.21 bits per heavy atom. The Labute approximate surface area is 119 Å². The monoisotopic (exact) mass is 280 g/mol. The van der Waals surface area contributed by atoms with Crippen LogP contribution in [0.15, 0.2) is 18.2 Å². The van der Waals surface area contributed by atoms with E-state index in [2.05, 4.69) is 36.3 Å². The smallest absolute Gasteiger partial charge is 0.138 e. The number of hydrogen-bond acceptors (Lipinski definition) is 3. The first-order valence-electron chi connectivity index (χ1n) is 6.97. The summed E-state index contributed by atoms with van der Waals surface area (Å²) in [5.74, 6) is 0.810. The Bertz CT molecular complexity index is 465. The quantitative estimate of drug-likeness (QED) is 0.921. The molecule has 2 aliphatic rings. The van der Waals surface area contributed by atoms with Gasteiger partial charge in [-0.2, -0.15) is 0 Å². The van der Waals surface area contributed by atoms with Gasteiger partial charge < -0.3 is 10.1 Å². The molecule has 2 heterocycles. The van der Waals surface area contributed by atoms with Crippen LogP contribution >= 0.6 is 11.6 Å². The second-order valence-corrected chi connectivity index (χ2v) is 6.38. The molecule has 3 rings (SSSR count). The molecule has 0 aliphatic carbocycles. The van der Waals surface area contributed by atoms with Crippen LogP contribution in [0.5, 0.6) is 5.75 Å². The van der Waals surface area contributed by atoms with Crippen LogP contribution in [-0.2, 0) is 5.54 Å². The summed E-state index contributed by atoms with van der Waals surface area (Å²) in [6.45, 7) is 5.29. The van der Waals surface area contributed by atoms with E-state index < -0.39 is 0 Å². The summed E-state index contributed by atoms with van der Waals surface area (Å²) in [6.07, 6.45) is 2.67. The molecular formula is C15H21ClN2O. The van der Waals surface area contributed by atoms with Crippen LogP contribution < -0.4 is 10.1 Å². The second kappa shape index (κ2) is 4.97. The maximum Gasteiger partial charge on any atom is 0.138 e. The average Bonchev–Trinajstić information content (AvgIpc) is 2.78. The number of nitrogens with zero attached hydrogens (tertiary/aromatic N) is 1. The van der Waals surface area contributed by atoms with Crippen LogP contribution in [0.25, 0.3) is 0 Å². The van der Waals surface area contributed by atoms with E-state index in [4.69, 9.17) is 16.3 Å². The molecule has 3 nitrogen and oxygen atoms in total. The average molecular weight is 281 g/mol. The van der Waals surface area contributed by atoms with E-state index in [0.29, 0.717) is 0 Å². The van der Waals surface area contributed by atoms with Crippen molar-refractivity contribution in [3.63, 3.8) is 0 Å². The predicted molar refractivity (Wildman–Crippen MR) is 78.0 cm³/mol. The molecule has 1 aromatic carbocycles. The van der Waals surface area contributed by atoms with E-state index in [0.717, 1.165) is 36.8 Å². The molecule has 104 valence electrons. The van der Waals surface area contributed by atoms with Gasteiger partial charge in [-0.1, -0.05) is 17.7 Å². The molecule has 2 saturated heterocycles. The summed E-state index contributed by atoms with van der Waals surface area (Å²) in [5, 5.41) is 4.28. The highest BCUT2D eigenvalue weighted by atomic mass is 35.5. The van der Waals surface area contributed by atoms with E-state index >= 15 is 0 Å². The number of ether oxygens (including phenoxy) is 1. The Balaban J connectivity index is 1.74. The highest BCUT2D eigenvalue weighted by molar-refractivity contribution is 6.32. The largest absolute Gasteiger partial charge is 0.486 e. The van der Waals surface area contributed by atoms with Gasteiger partial charge in [0, 0.05) is 18.6 Å². The molecule has 4 heteroatoms. The molecule has 0 aromatic heterocycles. The minimum Gasteiger partial charge on any atom is -0.486 e. The number of rotatable bonds is 3. The van der Waals surface area contributed by atoms with Gasteiger partial charge in [0.2, 0.25) is 0 Å². The molecule has 19 heavy (non-hydrogen) atoms. The van der Waals surface area contributed by atoms with Crippen LogP contribution in [0, 0.1) is 0 Å². The van der Waals surface area contributed by atoms with Gasteiger partial charge in [0.05, 0.1) is 5.02 Å². The van der Waals surface area contributed by atoms with E-state index in [-0.39, 0.29) is 11.6 Å². The van der Waals surface area contributed by atoms with Crippen molar-refractivity contribution < 1.29 is 4.74 Å². The first-order chi connectivity index (χ1) is 9.07. The van der Waals surface area contributed by atoms with Crippen molar-refractivity contribution in [3.8, 4) is 5.75 Å². The normalized spacial score (nSPS) is 28.4. The zero-order chi connectivity index (χ0) is 13.5. The summed E-state index contributed by atoms with van der Waals surface area (Å²) < 4.78 is 5.91. The number of halogens is 1. The van der Waals surface area contributed by atoms with Crippen molar-refractivity contribution in [2.24, 2.45) is 0 Å². The van der Waals surface area contributed by atoms with Crippen molar-refractivity contribution in [2.45, 2.75) is 31.4 Å². The maximum absolute atomic E-state index is 6.36. The molecule has 1 N–H and O–H groups in total. The van der Waals surface area contributed by atoms with Crippen molar-refractivity contribution in [1.82, 2.24) is 10.2 Å². The lowest BCUT2D eigenvalue weighted by Gasteiger charge is -2.36. The first-order valence-corrected chi connectivity index (χ1v) is 7.35. The summed E-state index contributed by atoms with van der Waals surface area (Å²) in [5.41, 5.74) is 1.33. The van der Waals surface area contributed by atoms with Crippen LogP contribution in [0.3, 0.4) is 0 Å². The molecule has 0 spiro atoms. The second-order valence-electron chi connectivity index (χ2n) is 5.97. The zero-order valence-electron chi connectivity index (χ0n) is 11.6. The predicted octanol–water partition coefficient (Wildman–Crippen LogP) is 2.63. The van der Waals surface area contributed by atoms with E-state index in [1.807, 2.05) is 6.07 Å². The molecule has 2 aliphatic heterocycles. The molecule has 0 radical (unpaired) electrons. The van der Waals surface area contributed by atoms with Gasteiger partial charge in [-0.15, -0.1) is 0 Å².